The van der Waals surface area contributed by atoms with Gasteiger partial charge in [0, 0.05) is 0 Å². The van der Waals surface area contributed by atoms with Gasteiger partial charge in [0.15, 0.2) is 0 Å². The third-order valence-corrected chi connectivity index (χ3v) is 8.97. The van der Waals surface area contributed by atoms with E-state index in [-0.39, 0.29) is 0 Å². The van der Waals surface area contributed by atoms with Gasteiger partial charge in [-0.25, -0.2) is 0 Å². The molecule has 2 aromatic rings. The van der Waals surface area contributed by atoms with Crippen LogP contribution in [0, 0.1) is 0 Å². The highest BCUT2D eigenvalue weighted by atomic mass is 31.1. The highest BCUT2D eigenvalue weighted by Gasteiger charge is 2.16. The van der Waals surface area contributed by atoms with Crippen molar-refractivity contribution in [3.63, 3.8) is 0 Å². The molecule has 0 saturated heterocycles. The first-order chi connectivity index (χ1) is 9.66. The molecule has 0 aromatic heterocycles. The van der Waals surface area contributed by atoms with Gasteiger partial charge in [-0.3, -0.25) is 0 Å². The smallest absolute Gasteiger partial charge is 0.0656 e. The predicted octanol–water partition coefficient (Wildman–Crippen LogP) is 3.67. The first-order valence-electron chi connectivity index (χ1n) is 7.59. The molecule has 2 rings (SSSR count). The standard InChI is InChI=1S/C18H26PSi2/c1-20(2,3)17-11-7-15(8-12-17)19-16-9-13-18(14-10-16)21(4,5)6/h7-14H,1-6H3. The lowest BCUT2D eigenvalue weighted by Crippen LogP contribution is -2.38. The van der Waals surface area contributed by atoms with Gasteiger partial charge in [0.2, 0.25) is 0 Å². The van der Waals surface area contributed by atoms with Crippen LogP contribution in [0.25, 0.3) is 0 Å². The zero-order chi connectivity index (χ0) is 15.7. The molecule has 111 valence electrons. The third kappa shape index (κ3) is 4.64. The molecular weight excluding hydrogens is 303 g/mol. The largest absolute Gasteiger partial charge is 0.0775 e. The molecule has 0 aliphatic carbocycles. The average molecular weight is 330 g/mol. The van der Waals surface area contributed by atoms with Crippen molar-refractivity contribution >= 4 is 45.7 Å². The molecule has 0 N–H and O–H groups in total. The maximum atomic E-state index is 2.40. The fourth-order valence-electron chi connectivity index (χ4n) is 2.22. The minimum Gasteiger partial charge on any atom is -0.0656 e. The lowest BCUT2D eigenvalue weighted by molar-refractivity contribution is 1.70. The Morgan fingerprint density at radius 2 is 0.810 bits per heavy atom. The van der Waals surface area contributed by atoms with Crippen LogP contribution in [0.2, 0.25) is 39.3 Å². The summed E-state index contributed by atoms with van der Waals surface area (Å²) in [5, 5.41) is 5.85. The van der Waals surface area contributed by atoms with Crippen LogP contribution in [0.4, 0.5) is 0 Å². The summed E-state index contributed by atoms with van der Waals surface area (Å²) >= 11 is 0. The Labute approximate surface area is 133 Å². The van der Waals surface area contributed by atoms with Gasteiger partial charge in [-0.05, 0) is 19.2 Å². The fourth-order valence-corrected chi connectivity index (χ4v) is 5.45. The molecule has 0 heterocycles. The van der Waals surface area contributed by atoms with Gasteiger partial charge in [-0.15, -0.1) is 0 Å². The molecule has 0 spiro atoms. The summed E-state index contributed by atoms with van der Waals surface area (Å²) in [5.74, 6) is 0. The van der Waals surface area contributed by atoms with Crippen molar-refractivity contribution in [2.45, 2.75) is 39.3 Å². The first kappa shape index (κ1) is 16.7. The van der Waals surface area contributed by atoms with Crippen LogP contribution in [-0.2, 0) is 0 Å². The van der Waals surface area contributed by atoms with E-state index in [0.29, 0.717) is 0 Å². The van der Waals surface area contributed by atoms with Crippen molar-refractivity contribution in [3.05, 3.63) is 48.5 Å². The molecule has 0 aliphatic rings. The lowest BCUT2D eigenvalue weighted by Gasteiger charge is -2.17. The maximum Gasteiger partial charge on any atom is 0.0775 e. The minimum absolute atomic E-state index is 1.18. The van der Waals surface area contributed by atoms with Crippen molar-refractivity contribution in [2.75, 3.05) is 0 Å². The van der Waals surface area contributed by atoms with E-state index in [1.54, 1.807) is 0 Å². The zero-order valence-electron chi connectivity index (χ0n) is 14.1. The first-order valence-corrected chi connectivity index (χ1v) is 15.5. The minimum atomic E-state index is -1.18. The van der Waals surface area contributed by atoms with Crippen LogP contribution in [0.1, 0.15) is 0 Å². The molecular formula is C18H26PSi2. The molecule has 3 heteroatoms. The molecule has 0 aliphatic heterocycles. The Bertz CT molecular complexity index is 532. The summed E-state index contributed by atoms with van der Waals surface area (Å²) < 4.78 is 0. The summed E-state index contributed by atoms with van der Waals surface area (Å²) in [6.07, 6.45) is 0. The van der Waals surface area contributed by atoms with Gasteiger partial charge in [0.25, 0.3) is 0 Å². The van der Waals surface area contributed by atoms with Gasteiger partial charge >= 0.3 is 0 Å². The summed E-state index contributed by atoms with van der Waals surface area (Å²) in [7, 11) is -1.04. The number of rotatable bonds is 4. The average Bonchev–Trinajstić information content (AvgIpc) is 2.38. The topological polar surface area (TPSA) is 0 Å². The van der Waals surface area contributed by atoms with Crippen molar-refractivity contribution in [2.24, 2.45) is 0 Å². The molecule has 2 aromatic carbocycles. The SMILES string of the molecule is C[Si](C)(C)c1ccc([P]c2ccc([Si](C)(C)C)cc2)cc1. The Morgan fingerprint density at radius 1 is 0.524 bits per heavy atom. The highest BCUT2D eigenvalue weighted by molar-refractivity contribution is 7.55. The van der Waals surface area contributed by atoms with Crippen LogP contribution in [-0.4, -0.2) is 16.1 Å². The van der Waals surface area contributed by atoms with E-state index in [1.165, 1.54) is 29.6 Å². The van der Waals surface area contributed by atoms with Crippen LogP contribution < -0.4 is 21.0 Å². The van der Waals surface area contributed by atoms with E-state index in [0.717, 1.165) is 0 Å². The molecule has 0 unspecified atom stereocenters. The zero-order valence-corrected chi connectivity index (χ0v) is 17.0. The van der Waals surface area contributed by atoms with Gasteiger partial charge in [0.1, 0.15) is 0 Å². The van der Waals surface area contributed by atoms with Gasteiger partial charge in [0.05, 0.1) is 16.1 Å². The second-order valence-corrected chi connectivity index (χ2v) is 19.1. The summed E-state index contributed by atoms with van der Waals surface area (Å²) in [6.45, 7) is 14.4. The number of hydrogen-bond donors (Lipinski definition) is 0. The lowest BCUT2D eigenvalue weighted by atomic mass is 10.4. The third-order valence-electron chi connectivity index (χ3n) is 3.72. The van der Waals surface area contributed by atoms with E-state index < -0.39 is 16.1 Å². The van der Waals surface area contributed by atoms with E-state index >= 15 is 0 Å². The van der Waals surface area contributed by atoms with Gasteiger partial charge in [-0.2, -0.15) is 0 Å². The molecule has 21 heavy (non-hydrogen) atoms. The van der Waals surface area contributed by atoms with Gasteiger partial charge in [-0.1, -0.05) is 98.2 Å². The molecule has 0 atom stereocenters. The molecule has 0 fully saturated rings. The highest BCUT2D eigenvalue weighted by Crippen LogP contribution is 2.11. The second kappa shape index (κ2) is 6.20. The normalized spacial score (nSPS) is 12.5. The van der Waals surface area contributed by atoms with Crippen LogP contribution in [0.3, 0.4) is 0 Å². The fraction of sp³-hybridized carbons (Fsp3) is 0.333. The van der Waals surface area contributed by atoms with Gasteiger partial charge < -0.3 is 0 Å². The summed E-state index contributed by atoms with van der Waals surface area (Å²) in [6, 6.07) is 18.5. The Morgan fingerprint density at radius 3 is 1.05 bits per heavy atom. The molecule has 0 amide bonds. The molecule has 1 radical (unpaired) electrons. The molecule has 0 bridgehead atoms. The Balaban J connectivity index is 2.12. The van der Waals surface area contributed by atoms with Crippen LogP contribution >= 0.6 is 8.58 Å². The van der Waals surface area contributed by atoms with Crippen molar-refractivity contribution < 1.29 is 0 Å². The Hall–Kier alpha value is -0.696. The van der Waals surface area contributed by atoms with E-state index in [4.69, 9.17) is 0 Å². The van der Waals surface area contributed by atoms with Crippen molar-refractivity contribution in [3.8, 4) is 0 Å². The second-order valence-electron chi connectivity index (χ2n) is 7.71. The number of benzene rings is 2. The van der Waals surface area contributed by atoms with E-state index in [9.17, 15) is 0 Å². The van der Waals surface area contributed by atoms with E-state index in [1.807, 2.05) is 0 Å². The molecule has 0 nitrogen and oxygen atoms in total. The van der Waals surface area contributed by atoms with Crippen LogP contribution in [0.5, 0.6) is 0 Å². The van der Waals surface area contributed by atoms with Crippen molar-refractivity contribution in [1.29, 1.82) is 0 Å². The summed E-state index contributed by atoms with van der Waals surface area (Å²) in [5.41, 5.74) is 0. The summed E-state index contributed by atoms with van der Waals surface area (Å²) in [4.78, 5) is 0. The van der Waals surface area contributed by atoms with Crippen molar-refractivity contribution in [1.82, 2.24) is 0 Å². The predicted molar refractivity (Wildman–Crippen MR) is 105 cm³/mol. The maximum absolute atomic E-state index is 2.40. The van der Waals surface area contributed by atoms with E-state index in [2.05, 4.69) is 87.8 Å². The quantitative estimate of drug-likeness (QED) is 0.593. The Kier molecular flexibility index (Phi) is 4.92. The monoisotopic (exact) mass is 329 g/mol. The number of hydrogen-bond acceptors (Lipinski definition) is 0. The molecule has 0 saturated carbocycles. The van der Waals surface area contributed by atoms with Crippen LogP contribution in [0.15, 0.2) is 48.5 Å².